The lowest BCUT2D eigenvalue weighted by atomic mass is 9.90. The van der Waals surface area contributed by atoms with E-state index in [0.29, 0.717) is 6.42 Å². The molecule has 0 heterocycles. The molecule has 0 unspecified atom stereocenters. The third-order valence-electron chi connectivity index (χ3n) is 2.91. The summed E-state index contributed by atoms with van der Waals surface area (Å²) in [6.07, 6.45) is 7.79. The molecule has 0 saturated carbocycles. The number of allylic oxidation sites excluding steroid dienone is 2. The standard InChI is InChI=1S/C12H22O.C8H10/c1-5-6-7-8-9-11(13)10-12(2,3)4;1-7-4-3-5-8(2)6-7/h8-9H,5-7,10H2,1-4H3;3-6H,1-2H3/b9-8-;. The van der Waals surface area contributed by atoms with Gasteiger partial charge in [-0.2, -0.15) is 0 Å². The average Bonchev–Trinajstić information content (AvgIpc) is 2.33. The fourth-order valence-corrected chi connectivity index (χ4v) is 1.93. The molecule has 118 valence electrons. The Labute approximate surface area is 131 Å². The second kappa shape index (κ2) is 10.4. The Hall–Kier alpha value is -1.37. The third kappa shape index (κ3) is 13.4. The zero-order valence-corrected chi connectivity index (χ0v) is 14.7. The SMILES string of the molecule is CCCC/C=C\C(=O)CC(C)(C)C.Cc1cccc(C)c1. The molecule has 0 aromatic heterocycles. The van der Waals surface area contributed by atoms with Gasteiger partial charge in [-0.1, -0.05) is 82.0 Å². The first-order valence-corrected chi connectivity index (χ1v) is 7.97. The molecule has 1 aromatic carbocycles. The van der Waals surface area contributed by atoms with Crippen LogP contribution < -0.4 is 0 Å². The van der Waals surface area contributed by atoms with E-state index < -0.39 is 0 Å². The number of aryl methyl sites for hydroxylation is 2. The quantitative estimate of drug-likeness (QED) is 0.476. The molecule has 1 nitrogen and oxygen atoms in total. The van der Waals surface area contributed by atoms with Gasteiger partial charge >= 0.3 is 0 Å². The normalized spacial score (nSPS) is 11.1. The van der Waals surface area contributed by atoms with E-state index in [4.69, 9.17) is 0 Å². The van der Waals surface area contributed by atoms with Gasteiger partial charge in [0.15, 0.2) is 5.78 Å². The first-order chi connectivity index (χ1) is 9.74. The fourth-order valence-electron chi connectivity index (χ4n) is 1.93. The molecule has 0 fully saturated rings. The highest BCUT2D eigenvalue weighted by Gasteiger charge is 2.13. The van der Waals surface area contributed by atoms with Gasteiger partial charge in [-0.3, -0.25) is 4.79 Å². The smallest absolute Gasteiger partial charge is 0.155 e. The van der Waals surface area contributed by atoms with Crippen molar-refractivity contribution in [1.29, 1.82) is 0 Å². The molecular formula is C20H32O. The second-order valence-electron chi connectivity index (χ2n) is 6.91. The van der Waals surface area contributed by atoms with Crippen molar-refractivity contribution in [2.24, 2.45) is 5.41 Å². The van der Waals surface area contributed by atoms with Crippen molar-refractivity contribution in [3.63, 3.8) is 0 Å². The molecule has 0 atom stereocenters. The van der Waals surface area contributed by atoms with Gasteiger partial charge in [0.25, 0.3) is 0 Å². The number of carbonyl (C=O) groups is 1. The highest BCUT2D eigenvalue weighted by atomic mass is 16.1. The second-order valence-corrected chi connectivity index (χ2v) is 6.91. The predicted molar refractivity (Wildman–Crippen MR) is 93.7 cm³/mol. The van der Waals surface area contributed by atoms with Crippen LogP contribution in [-0.2, 0) is 4.79 Å². The van der Waals surface area contributed by atoms with Gasteiger partial charge in [0.2, 0.25) is 0 Å². The summed E-state index contributed by atoms with van der Waals surface area (Å²) in [5, 5.41) is 0. The largest absolute Gasteiger partial charge is 0.295 e. The summed E-state index contributed by atoms with van der Waals surface area (Å²) < 4.78 is 0. The molecule has 0 spiro atoms. The van der Waals surface area contributed by atoms with Gasteiger partial charge in [0, 0.05) is 6.42 Å². The number of rotatable bonds is 5. The number of carbonyl (C=O) groups excluding carboxylic acids is 1. The minimum absolute atomic E-state index is 0.117. The molecule has 1 aromatic rings. The lowest BCUT2D eigenvalue weighted by Gasteiger charge is -2.14. The highest BCUT2D eigenvalue weighted by Crippen LogP contribution is 2.18. The van der Waals surface area contributed by atoms with Crippen molar-refractivity contribution in [2.75, 3.05) is 0 Å². The van der Waals surface area contributed by atoms with Crippen molar-refractivity contribution < 1.29 is 4.79 Å². The lowest BCUT2D eigenvalue weighted by molar-refractivity contribution is -0.116. The maximum Gasteiger partial charge on any atom is 0.155 e. The highest BCUT2D eigenvalue weighted by molar-refractivity contribution is 5.89. The maximum atomic E-state index is 11.3. The molecule has 0 amide bonds. The van der Waals surface area contributed by atoms with E-state index in [2.05, 4.69) is 65.8 Å². The molecule has 1 heteroatoms. The van der Waals surface area contributed by atoms with Gasteiger partial charge in [0.1, 0.15) is 0 Å². The molecule has 0 radical (unpaired) electrons. The van der Waals surface area contributed by atoms with Gasteiger partial charge in [0.05, 0.1) is 0 Å². The van der Waals surface area contributed by atoms with Gasteiger partial charge in [-0.15, -0.1) is 0 Å². The molecule has 0 bridgehead atoms. The van der Waals surface area contributed by atoms with Crippen LogP contribution in [0.5, 0.6) is 0 Å². The van der Waals surface area contributed by atoms with E-state index in [1.807, 2.05) is 6.08 Å². The van der Waals surface area contributed by atoms with Gasteiger partial charge in [-0.25, -0.2) is 0 Å². The third-order valence-corrected chi connectivity index (χ3v) is 2.91. The monoisotopic (exact) mass is 288 g/mol. The van der Waals surface area contributed by atoms with Crippen LogP contribution in [0.2, 0.25) is 0 Å². The Morgan fingerprint density at radius 3 is 2.10 bits per heavy atom. The van der Waals surface area contributed by atoms with Crippen molar-refractivity contribution >= 4 is 5.78 Å². The first kappa shape index (κ1) is 19.6. The Bertz CT molecular complexity index is 418. The lowest BCUT2D eigenvalue weighted by Crippen LogP contribution is -2.10. The summed E-state index contributed by atoms with van der Waals surface area (Å²) in [7, 11) is 0. The summed E-state index contributed by atoms with van der Waals surface area (Å²) in [5.74, 6) is 0.253. The molecule has 1 rings (SSSR count). The van der Waals surface area contributed by atoms with E-state index in [1.165, 1.54) is 24.0 Å². The Morgan fingerprint density at radius 1 is 1.14 bits per heavy atom. The fraction of sp³-hybridized carbons (Fsp3) is 0.550. The summed E-state index contributed by atoms with van der Waals surface area (Å²) >= 11 is 0. The summed E-state index contributed by atoms with van der Waals surface area (Å²) in [4.78, 5) is 11.3. The Balaban J connectivity index is 0.000000423. The molecule has 21 heavy (non-hydrogen) atoms. The van der Waals surface area contributed by atoms with Crippen LogP contribution in [0.15, 0.2) is 36.4 Å². The van der Waals surface area contributed by atoms with Crippen molar-refractivity contribution in [3.8, 4) is 0 Å². The zero-order chi connectivity index (χ0) is 16.3. The van der Waals surface area contributed by atoms with Crippen LogP contribution in [0.4, 0.5) is 0 Å². The molecule has 0 aliphatic rings. The number of unbranched alkanes of at least 4 members (excludes halogenated alkanes) is 2. The Kier molecular flexibility index (Phi) is 9.69. The van der Waals surface area contributed by atoms with Crippen molar-refractivity contribution in [1.82, 2.24) is 0 Å². The number of benzene rings is 1. The van der Waals surface area contributed by atoms with Crippen LogP contribution >= 0.6 is 0 Å². The average molecular weight is 288 g/mol. The summed E-state index contributed by atoms with van der Waals surface area (Å²) in [6.45, 7) is 12.6. The molecule has 0 aliphatic heterocycles. The van der Waals surface area contributed by atoms with Crippen LogP contribution in [0.3, 0.4) is 0 Å². The van der Waals surface area contributed by atoms with E-state index in [1.54, 1.807) is 6.08 Å². The number of hydrogen-bond donors (Lipinski definition) is 0. The minimum atomic E-state index is 0.117. The van der Waals surface area contributed by atoms with Crippen LogP contribution in [0.25, 0.3) is 0 Å². The Morgan fingerprint density at radius 2 is 1.71 bits per heavy atom. The summed E-state index contributed by atoms with van der Waals surface area (Å²) in [6, 6.07) is 8.45. The van der Waals surface area contributed by atoms with E-state index in [0.717, 1.165) is 6.42 Å². The predicted octanol–water partition coefficient (Wildman–Crippen LogP) is 6.04. The minimum Gasteiger partial charge on any atom is -0.295 e. The molecular weight excluding hydrogens is 256 g/mol. The van der Waals surface area contributed by atoms with Gasteiger partial charge in [-0.05, 0) is 31.8 Å². The zero-order valence-electron chi connectivity index (χ0n) is 14.7. The first-order valence-electron chi connectivity index (χ1n) is 7.97. The number of ketones is 1. The molecule has 0 aliphatic carbocycles. The van der Waals surface area contributed by atoms with Crippen LogP contribution in [-0.4, -0.2) is 5.78 Å². The van der Waals surface area contributed by atoms with E-state index >= 15 is 0 Å². The summed E-state index contributed by atoms with van der Waals surface area (Å²) in [5.41, 5.74) is 2.79. The van der Waals surface area contributed by atoms with Crippen LogP contribution in [0, 0.1) is 19.3 Å². The topological polar surface area (TPSA) is 17.1 Å². The van der Waals surface area contributed by atoms with Crippen molar-refractivity contribution in [2.45, 2.75) is 67.2 Å². The van der Waals surface area contributed by atoms with Crippen molar-refractivity contribution in [3.05, 3.63) is 47.5 Å². The maximum absolute atomic E-state index is 11.3. The van der Waals surface area contributed by atoms with E-state index in [-0.39, 0.29) is 11.2 Å². The molecule has 0 saturated heterocycles. The number of hydrogen-bond acceptors (Lipinski definition) is 1. The molecule has 0 N–H and O–H groups in total. The van der Waals surface area contributed by atoms with E-state index in [9.17, 15) is 4.79 Å². The van der Waals surface area contributed by atoms with Gasteiger partial charge < -0.3 is 0 Å². The van der Waals surface area contributed by atoms with Crippen LogP contribution in [0.1, 0.15) is 64.5 Å².